The van der Waals surface area contributed by atoms with Crippen LogP contribution in [-0.4, -0.2) is 9.78 Å². The summed E-state index contributed by atoms with van der Waals surface area (Å²) in [6.45, 7) is 0. The summed E-state index contributed by atoms with van der Waals surface area (Å²) in [4.78, 5) is 0. The molecule has 0 radical (unpaired) electrons. The first-order chi connectivity index (χ1) is 3.83. The van der Waals surface area contributed by atoms with Gasteiger partial charge < -0.3 is 3.07 Å². The third-order valence-electron chi connectivity index (χ3n) is 0.768. The molecule has 44 valence electrons. The molecule has 0 N–H and O–H groups in total. The van der Waals surface area contributed by atoms with Crippen LogP contribution in [0.5, 0.6) is 5.88 Å². The molecule has 0 aliphatic carbocycles. The van der Waals surface area contributed by atoms with E-state index in [0.29, 0.717) is 5.88 Å². The Hall–Kier alpha value is -0.260. The summed E-state index contributed by atoms with van der Waals surface area (Å²) in [7, 11) is 1.85. The molecule has 0 bridgehead atoms. The lowest BCUT2D eigenvalue weighted by Gasteiger charge is -1.84. The van der Waals surface area contributed by atoms with Crippen molar-refractivity contribution in [3.8, 4) is 5.88 Å². The Bertz CT molecular complexity index is 174. The Labute approximate surface area is 61.3 Å². The van der Waals surface area contributed by atoms with Crippen LogP contribution in [0.3, 0.4) is 0 Å². The Morgan fingerprint density at radius 2 is 2.62 bits per heavy atom. The summed E-state index contributed by atoms with van der Waals surface area (Å²) in [6, 6.07) is 1.80. The van der Waals surface area contributed by atoms with Crippen LogP contribution in [-0.2, 0) is 7.05 Å². The first-order valence-electron chi connectivity index (χ1n) is 2.11. The Balaban J connectivity index is 2.84. The average Bonchev–Trinajstić information content (AvgIpc) is 2.14. The van der Waals surface area contributed by atoms with E-state index in [1.165, 1.54) is 0 Å². The minimum absolute atomic E-state index is 0.646. The number of hydrogen-bond acceptors (Lipinski definition) is 2. The first-order valence-corrected chi connectivity index (χ1v) is 2.99. The van der Waals surface area contributed by atoms with Gasteiger partial charge in [0.2, 0.25) is 5.88 Å². The predicted octanol–water partition coefficient (Wildman–Crippen LogP) is 1.15. The molecule has 0 aliphatic rings. The van der Waals surface area contributed by atoms with Crippen molar-refractivity contribution in [2.75, 3.05) is 0 Å². The van der Waals surface area contributed by atoms with Gasteiger partial charge in [-0.25, -0.2) is 0 Å². The van der Waals surface area contributed by atoms with Gasteiger partial charge >= 0.3 is 0 Å². The molecule has 0 fully saturated rings. The van der Waals surface area contributed by atoms with Gasteiger partial charge in [0, 0.05) is 19.3 Å². The maximum atomic E-state index is 4.77. The highest BCUT2D eigenvalue weighted by atomic mass is 127. The fourth-order valence-corrected chi connectivity index (χ4v) is 0.670. The van der Waals surface area contributed by atoms with E-state index in [1.54, 1.807) is 33.8 Å². The summed E-state index contributed by atoms with van der Waals surface area (Å²) < 4.78 is 6.46. The second kappa shape index (κ2) is 2.34. The van der Waals surface area contributed by atoms with Crippen LogP contribution in [0.1, 0.15) is 0 Å². The summed E-state index contributed by atoms with van der Waals surface area (Å²) in [5.41, 5.74) is 0. The number of hydrogen-bond donors (Lipinski definition) is 0. The lowest BCUT2D eigenvalue weighted by molar-refractivity contribution is 0.638. The van der Waals surface area contributed by atoms with Crippen molar-refractivity contribution >= 4 is 23.0 Å². The maximum Gasteiger partial charge on any atom is 0.243 e. The molecule has 0 saturated heterocycles. The Kier molecular flexibility index (Phi) is 1.72. The molecular formula is C4H5IN2O. The molecule has 0 spiro atoms. The highest BCUT2D eigenvalue weighted by molar-refractivity contribution is 14.1. The van der Waals surface area contributed by atoms with Gasteiger partial charge in [0.05, 0.1) is 0 Å². The van der Waals surface area contributed by atoms with Crippen molar-refractivity contribution in [2.45, 2.75) is 0 Å². The molecule has 0 amide bonds. The minimum Gasteiger partial charge on any atom is -0.407 e. The van der Waals surface area contributed by atoms with Crippen molar-refractivity contribution in [3.05, 3.63) is 12.3 Å². The van der Waals surface area contributed by atoms with Gasteiger partial charge in [-0.15, -0.1) is 5.10 Å². The molecule has 0 atom stereocenters. The van der Waals surface area contributed by atoms with Crippen molar-refractivity contribution in [3.63, 3.8) is 0 Å². The van der Waals surface area contributed by atoms with E-state index in [9.17, 15) is 0 Å². The van der Waals surface area contributed by atoms with E-state index in [1.807, 2.05) is 13.2 Å². The highest BCUT2D eigenvalue weighted by Gasteiger charge is 1.90. The number of halogens is 1. The summed E-state index contributed by atoms with van der Waals surface area (Å²) in [5, 5.41) is 3.92. The Morgan fingerprint density at radius 3 is 2.88 bits per heavy atom. The fraction of sp³-hybridized carbons (Fsp3) is 0.250. The Morgan fingerprint density at radius 1 is 1.88 bits per heavy atom. The van der Waals surface area contributed by atoms with Gasteiger partial charge in [-0.05, 0) is 0 Å². The van der Waals surface area contributed by atoms with E-state index in [-0.39, 0.29) is 0 Å². The second-order valence-corrected chi connectivity index (χ2v) is 1.85. The SMILES string of the molecule is Cn1ccc(OI)n1. The third-order valence-corrected chi connectivity index (χ3v) is 1.22. The molecule has 0 unspecified atom stereocenters. The summed E-state index contributed by atoms with van der Waals surface area (Å²) >= 11 is 1.79. The van der Waals surface area contributed by atoms with Crippen molar-refractivity contribution in [1.29, 1.82) is 0 Å². The van der Waals surface area contributed by atoms with Crippen molar-refractivity contribution in [2.24, 2.45) is 7.05 Å². The zero-order valence-electron chi connectivity index (χ0n) is 4.34. The zero-order valence-corrected chi connectivity index (χ0v) is 6.49. The third kappa shape index (κ3) is 1.12. The molecule has 1 aromatic rings. The first kappa shape index (κ1) is 5.87. The van der Waals surface area contributed by atoms with E-state index in [4.69, 9.17) is 3.07 Å². The van der Waals surface area contributed by atoms with Gasteiger partial charge in [-0.2, -0.15) is 0 Å². The molecule has 0 aromatic carbocycles. The molecule has 1 rings (SSSR count). The molecule has 1 heterocycles. The van der Waals surface area contributed by atoms with Gasteiger partial charge in [-0.1, -0.05) is 0 Å². The van der Waals surface area contributed by atoms with Crippen LogP contribution in [0.2, 0.25) is 0 Å². The monoisotopic (exact) mass is 224 g/mol. The summed E-state index contributed by atoms with van der Waals surface area (Å²) in [5.74, 6) is 0.646. The van der Waals surface area contributed by atoms with Crippen molar-refractivity contribution in [1.82, 2.24) is 9.78 Å². The molecule has 3 nitrogen and oxygen atoms in total. The number of aryl methyl sites for hydroxylation is 1. The fourth-order valence-electron chi connectivity index (χ4n) is 0.435. The van der Waals surface area contributed by atoms with E-state index >= 15 is 0 Å². The standard InChI is InChI=1S/C4H5IN2O/c1-7-3-2-4(6-7)8-5/h2-3H,1H3. The summed E-state index contributed by atoms with van der Waals surface area (Å²) in [6.07, 6.45) is 1.83. The van der Waals surface area contributed by atoms with Crippen molar-refractivity contribution < 1.29 is 3.07 Å². The topological polar surface area (TPSA) is 27.1 Å². The van der Waals surface area contributed by atoms with Crippen LogP contribution in [0, 0.1) is 0 Å². The number of nitrogens with zero attached hydrogens (tertiary/aromatic N) is 2. The lowest BCUT2D eigenvalue weighted by atomic mass is 10.7. The zero-order chi connectivity index (χ0) is 5.98. The van der Waals surface area contributed by atoms with Gasteiger partial charge in [0.25, 0.3) is 0 Å². The average molecular weight is 224 g/mol. The number of rotatable bonds is 1. The highest BCUT2D eigenvalue weighted by Crippen LogP contribution is 2.06. The molecular weight excluding hydrogens is 219 g/mol. The van der Waals surface area contributed by atoms with Crippen LogP contribution in [0.25, 0.3) is 0 Å². The van der Waals surface area contributed by atoms with Crippen LogP contribution < -0.4 is 3.07 Å². The van der Waals surface area contributed by atoms with Crippen LogP contribution >= 0.6 is 23.0 Å². The molecule has 1 aromatic heterocycles. The van der Waals surface area contributed by atoms with Gasteiger partial charge in [-0.3, -0.25) is 4.68 Å². The van der Waals surface area contributed by atoms with E-state index in [2.05, 4.69) is 5.10 Å². The lowest BCUT2D eigenvalue weighted by Crippen LogP contribution is -1.86. The van der Waals surface area contributed by atoms with E-state index in [0.717, 1.165) is 0 Å². The molecule has 8 heavy (non-hydrogen) atoms. The van der Waals surface area contributed by atoms with Gasteiger partial charge in [0.15, 0.2) is 23.0 Å². The van der Waals surface area contributed by atoms with Crippen LogP contribution in [0.15, 0.2) is 12.3 Å². The van der Waals surface area contributed by atoms with Gasteiger partial charge in [0.1, 0.15) is 0 Å². The minimum atomic E-state index is 0.646. The maximum absolute atomic E-state index is 4.77. The second-order valence-electron chi connectivity index (χ2n) is 1.40. The molecule has 0 saturated carbocycles. The quantitative estimate of drug-likeness (QED) is 0.669. The predicted molar refractivity (Wildman–Crippen MR) is 37.9 cm³/mol. The normalized spacial score (nSPS) is 9.25. The van der Waals surface area contributed by atoms with Crippen LogP contribution in [0.4, 0.5) is 0 Å². The smallest absolute Gasteiger partial charge is 0.243 e. The molecule has 4 heteroatoms. The van der Waals surface area contributed by atoms with E-state index < -0.39 is 0 Å². The largest absolute Gasteiger partial charge is 0.407 e. The number of aromatic nitrogens is 2. The molecule has 0 aliphatic heterocycles.